The second-order valence-corrected chi connectivity index (χ2v) is 5.68. The van der Waals surface area contributed by atoms with Crippen molar-refractivity contribution in [3.63, 3.8) is 0 Å². The first-order chi connectivity index (χ1) is 7.99. The number of halogens is 3. The summed E-state index contributed by atoms with van der Waals surface area (Å²) in [5.41, 5.74) is 0.270. The highest BCUT2D eigenvalue weighted by Gasteiger charge is 2.10. The predicted octanol–water partition coefficient (Wildman–Crippen LogP) is 3.43. The van der Waals surface area contributed by atoms with Crippen molar-refractivity contribution >= 4 is 47.8 Å². The topological polar surface area (TPSA) is 66.0 Å². The van der Waals surface area contributed by atoms with Crippen LogP contribution < -0.4 is 5.56 Å². The Balaban J connectivity index is 2.61. The summed E-state index contributed by atoms with van der Waals surface area (Å²) >= 11 is 9.64. The van der Waals surface area contributed by atoms with Crippen LogP contribution in [0.2, 0.25) is 0 Å². The zero-order chi connectivity index (χ0) is 12.6. The number of nitrogens with zero attached hydrogens (tertiary/aromatic N) is 1. The molecule has 4 nitrogen and oxygen atoms in total. The van der Waals surface area contributed by atoms with E-state index < -0.39 is 5.56 Å². The molecule has 0 fully saturated rings. The van der Waals surface area contributed by atoms with E-state index in [-0.39, 0.29) is 10.4 Å². The predicted molar refractivity (Wildman–Crippen MR) is 75.1 cm³/mol. The maximum absolute atomic E-state index is 11.5. The van der Waals surface area contributed by atoms with Gasteiger partial charge in [0.05, 0.1) is 0 Å². The number of hydrogen-bond donors (Lipinski definition) is 2. The number of benzene rings is 1. The lowest BCUT2D eigenvalue weighted by atomic mass is 10.2. The normalized spacial score (nSPS) is 10.5. The number of aromatic hydroxyl groups is 1. The Kier molecular flexibility index (Phi) is 3.70. The number of H-pyrrole nitrogens is 1. The fourth-order valence-corrected chi connectivity index (χ4v) is 2.04. The van der Waals surface area contributed by atoms with Gasteiger partial charge in [-0.25, -0.2) is 0 Å². The van der Waals surface area contributed by atoms with Gasteiger partial charge in [-0.15, -0.1) is 0 Å². The fraction of sp³-hybridized carbons (Fsp3) is 0. The van der Waals surface area contributed by atoms with Gasteiger partial charge in [-0.2, -0.15) is 4.98 Å². The maximum atomic E-state index is 11.5. The van der Waals surface area contributed by atoms with Crippen LogP contribution in [-0.2, 0) is 0 Å². The van der Waals surface area contributed by atoms with Gasteiger partial charge in [0.25, 0.3) is 5.56 Å². The van der Waals surface area contributed by atoms with Crippen molar-refractivity contribution in [3.05, 3.63) is 42.0 Å². The molecule has 7 heteroatoms. The van der Waals surface area contributed by atoms with Crippen LogP contribution in [0.3, 0.4) is 0 Å². The molecule has 0 spiro atoms. The van der Waals surface area contributed by atoms with Crippen molar-refractivity contribution in [1.82, 2.24) is 9.97 Å². The van der Waals surface area contributed by atoms with E-state index in [1.165, 1.54) is 0 Å². The van der Waals surface area contributed by atoms with Gasteiger partial charge in [0.15, 0.2) is 0 Å². The molecule has 0 amide bonds. The Morgan fingerprint density at radius 2 is 1.88 bits per heavy atom. The molecule has 0 bridgehead atoms. The second kappa shape index (κ2) is 4.91. The highest BCUT2D eigenvalue weighted by molar-refractivity contribution is 9.13. The maximum Gasteiger partial charge on any atom is 0.269 e. The first-order valence-corrected chi connectivity index (χ1v) is 6.81. The molecule has 0 saturated carbocycles. The van der Waals surface area contributed by atoms with Crippen molar-refractivity contribution in [1.29, 1.82) is 0 Å². The van der Waals surface area contributed by atoms with Gasteiger partial charge in [0.2, 0.25) is 5.88 Å². The fourth-order valence-electron chi connectivity index (χ4n) is 1.23. The molecular formula is C10H5Br3N2O2. The molecule has 2 N–H and O–H groups in total. The van der Waals surface area contributed by atoms with E-state index in [4.69, 9.17) is 0 Å². The molecule has 17 heavy (non-hydrogen) atoms. The van der Waals surface area contributed by atoms with E-state index in [0.29, 0.717) is 11.4 Å². The van der Waals surface area contributed by atoms with Crippen LogP contribution in [0.4, 0.5) is 0 Å². The summed E-state index contributed by atoms with van der Waals surface area (Å²) in [4.78, 5) is 17.9. The molecule has 1 aromatic heterocycles. The highest BCUT2D eigenvalue weighted by Crippen LogP contribution is 2.28. The van der Waals surface area contributed by atoms with Gasteiger partial charge in [-0.1, -0.05) is 6.07 Å². The van der Waals surface area contributed by atoms with Crippen LogP contribution in [0.25, 0.3) is 11.4 Å². The van der Waals surface area contributed by atoms with E-state index in [1.807, 2.05) is 6.07 Å². The summed E-state index contributed by atoms with van der Waals surface area (Å²) in [5.74, 6) is -0.0216. The Hall–Kier alpha value is -0.660. The molecule has 88 valence electrons. The van der Waals surface area contributed by atoms with E-state index in [9.17, 15) is 9.90 Å². The monoisotopic (exact) mass is 422 g/mol. The van der Waals surface area contributed by atoms with Crippen molar-refractivity contribution in [3.8, 4) is 17.3 Å². The third-order valence-electron chi connectivity index (χ3n) is 2.04. The molecule has 0 aliphatic heterocycles. The largest absolute Gasteiger partial charge is 0.492 e. The van der Waals surface area contributed by atoms with Crippen molar-refractivity contribution in [2.24, 2.45) is 0 Å². The quantitative estimate of drug-likeness (QED) is 0.737. The van der Waals surface area contributed by atoms with Gasteiger partial charge < -0.3 is 10.1 Å². The van der Waals surface area contributed by atoms with Crippen molar-refractivity contribution in [2.45, 2.75) is 0 Å². The van der Waals surface area contributed by atoms with Crippen LogP contribution in [0, 0.1) is 0 Å². The second-order valence-electron chi connectivity index (χ2n) is 3.18. The van der Waals surface area contributed by atoms with Crippen LogP contribution in [0.5, 0.6) is 5.88 Å². The summed E-state index contributed by atoms with van der Waals surface area (Å²) < 4.78 is 1.75. The summed E-state index contributed by atoms with van der Waals surface area (Å²) in [6.07, 6.45) is 0. The lowest BCUT2D eigenvalue weighted by molar-refractivity contribution is 0.448. The van der Waals surface area contributed by atoms with Gasteiger partial charge >= 0.3 is 0 Å². The Morgan fingerprint density at radius 1 is 1.18 bits per heavy atom. The van der Waals surface area contributed by atoms with Crippen LogP contribution in [-0.4, -0.2) is 15.1 Å². The van der Waals surface area contributed by atoms with E-state index in [0.717, 1.165) is 8.95 Å². The third kappa shape index (κ3) is 2.61. The third-order valence-corrected chi connectivity index (χ3v) is 4.63. The minimum atomic E-state index is -0.424. The molecule has 2 aromatic rings. The Labute approximate surface area is 121 Å². The van der Waals surface area contributed by atoms with Gasteiger partial charge in [0, 0.05) is 14.5 Å². The lowest BCUT2D eigenvalue weighted by Gasteiger charge is -2.04. The van der Waals surface area contributed by atoms with Gasteiger partial charge in [-0.3, -0.25) is 4.79 Å². The molecule has 0 unspecified atom stereocenters. The minimum Gasteiger partial charge on any atom is -0.492 e. The average molecular weight is 425 g/mol. The standard InChI is InChI=1S/C10H5Br3N2O2/c11-5-2-1-4(3-6(5)12)8-14-9(16)7(13)10(17)15-8/h1-3H,(H2,14,15,16,17). The molecule has 1 heterocycles. The summed E-state index contributed by atoms with van der Waals surface area (Å²) in [6, 6.07) is 5.38. The molecule has 0 saturated heterocycles. The van der Waals surface area contributed by atoms with Crippen LogP contribution in [0.1, 0.15) is 0 Å². The molecule has 2 rings (SSSR count). The number of aromatic amines is 1. The summed E-state index contributed by atoms with van der Waals surface area (Å²) in [5, 5.41) is 9.47. The lowest BCUT2D eigenvalue weighted by Crippen LogP contribution is -2.09. The van der Waals surface area contributed by atoms with Gasteiger partial charge in [0.1, 0.15) is 10.3 Å². The summed E-state index contributed by atoms with van der Waals surface area (Å²) in [7, 11) is 0. The molecular weight excluding hydrogens is 420 g/mol. The molecule has 0 atom stereocenters. The molecule has 0 aliphatic rings. The first-order valence-electron chi connectivity index (χ1n) is 4.43. The minimum absolute atomic E-state index is 0.0254. The average Bonchev–Trinajstić information content (AvgIpc) is 2.29. The van der Waals surface area contributed by atoms with E-state index in [1.54, 1.807) is 12.1 Å². The Bertz CT molecular complexity index is 640. The molecule has 0 aliphatic carbocycles. The smallest absolute Gasteiger partial charge is 0.269 e. The SMILES string of the molecule is O=c1[nH]c(-c2ccc(Br)c(Br)c2)nc(O)c1Br. The van der Waals surface area contributed by atoms with Crippen LogP contribution >= 0.6 is 47.8 Å². The van der Waals surface area contributed by atoms with E-state index >= 15 is 0 Å². The van der Waals surface area contributed by atoms with Crippen molar-refractivity contribution in [2.75, 3.05) is 0 Å². The number of nitrogens with one attached hydrogen (secondary N) is 1. The number of hydrogen-bond acceptors (Lipinski definition) is 3. The van der Waals surface area contributed by atoms with Gasteiger partial charge in [-0.05, 0) is 59.9 Å². The zero-order valence-electron chi connectivity index (χ0n) is 8.17. The number of rotatable bonds is 1. The Morgan fingerprint density at radius 3 is 2.47 bits per heavy atom. The summed E-state index contributed by atoms with van der Waals surface area (Å²) in [6.45, 7) is 0. The zero-order valence-corrected chi connectivity index (χ0v) is 12.9. The van der Waals surface area contributed by atoms with Crippen molar-refractivity contribution < 1.29 is 5.11 Å². The number of aromatic nitrogens is 2. The molecule has 1 aromatic carbocycles. The first kappa shape index (κ1) is 12.8. The molecule has 0 radical (unpaired) electrons. The van der Waals surface area contributed by atoms with E-state index in [2.05, 4.69) is 57.8 Å². The highest BCUT2D eigenvalue weighted by atomic mass is 79.9. The van der Waals surface area contributed by atoms with Crippen LogP contribution in [0.15, 0.2) is 36.4 Å².